The molecule has 37 heteroatoms. The number of aromatic nitrogens is 22. The molecule has 20 aromatic rings. The van der Waals surface area contributed by atoms with Crippen LogP contribution in [0.4, 0.5) is 0 Å². The van der Waals surface area contributed by atoms with E-state index in [1.54, 1.807) is 103 Å². The van der Waals surface area contributed by atoms with E-state index in [-0.39, 0.29) is 23.6 Å². The third-order valence-corrected chi connectivity index (χ3v) is 28.4. The lowest BCUT2D eigenvalue weighted by atomic mass is 9.84. The second-order valence-electron chi connectivity index (χ2n) is 38.6. The Bertz CT molecular complexity index is 8460. The number of ether oxygens (including phenoxy) is 5. The van der Waals surface area contributed by atoms with E-state index in [0.717, 1.165) is 268 Å². The Morgan fingerprint density at radius 1 is 0.409 bits per heavy atom. The van der Waals surface area contributed by atoms with Crippen LogP contribution in [0.1, 0.15) is 112 Å². The molecule has 4 fully saturated rings. The minimum absolute atomic E-state index is 0.0367. The van der Waals surface area contributed by atoms with Crippen molar-refractivity contribution in [2.75, 3.05) is 101 Å². The molecule has 2 unspecified atom stereocenters. The lowest BCUT2D eigenvalue weighted by molar-refractivity contribution is 0.0802. The van der Waals surface area contributed by atoms with Gasteiger partial charge in [-0.3, -0.25) is 24.3 Å². The van der Waals surface area contributed by atoms with Crippen LogP contribution < -0.4 is 24.3 Å². The Morgan fingerprint density at radius 2 is 0.758 bits per heavy atom. The molecule has 0 aliphatic carbocycles. The molecule has 37 nitrogen and oxygen atoms in total. The first-order chi connectivity index (χ1) is 72.9. The van der Waals surface area contributed by atoms with Crippen molar-refractivity contribution in [2.24, 2.45) is 20.0 Å². The number of nitrogens with one attached hydrogen (secondary N) is 6. The Kier molecular flexibility index (Phi) is 29.8. The fraction of sp³-hybridized carbons (Fsp3) is 0.321. The topological polar surface area (TPSA) is 472 Å². The molecular weight excluding hydrogens is 1870 g/mol. The van der Waals surface area contributed by atoms with E-state index in [1.807, 2.05) is 121 Å². The van der Waals surface area contributed by atoms with Crippen molar-refractivity contribution in [1.82, 2.24) is 134 Å². The summed E-state index contributed by atoms with van der Waals surface area (Å²) >= 11 is 0. The molecule has 6 N–H and O–H groups in total. The van der Waals surface area contributed by atoms with Crippen molar-refractivity contribution >= 4 is 110 Å². The van der Waals surface area contributed by atoms with Crippen LogP contribution in [-0.4, -0.2) is 260 Å². The van der Waals surface area contributed by atoms with E-state index in [4.69, 9.17) is 23.7 Å². The average molecular weight is 1990 g/mol. The van der Waals surface area contributed by atoms with Gasteiger partial charge >= 0.3 is 0 Å². The standard InChI is InChI=1S/C25H24N6.C24H24N6O2.C24H24N6O.C20H21N7O.C19H19N7O/c1-31-18-2-3-19(31)9-15(8-18)10-20-22(12-26)28-14-23-24(20)21-11-17(13-29-25(21)30-23)16-4-6-27-7-5-16;1-31-11-10-30-8-4-18(5-9-30)32-23-20(13-25)27-15-21-22(23)19-12-17(14-28-24(19)29-21)16-2-6-26-7-3-16;1-15(2)30-9-5-18(6-10-30)31-23-20(12-25)27-14-21-22(23)19-11-17(13-28-24(19)29-21)16-3-7-26-8-4-16;1-26(2)5-4-6-28-19-16(8-21)22-11-17-18(19)15-7-13(9-23-20(15)25-17)14-10-24-27(3)12-14;1-21-4-3-5-27-18-15(7-20)22-10-16-17(18)14-6-12(8-23-19(14)25-16)13-9-24-26(2)11-13/h4-7,11,13-15,18-19H,2-3,8-10H2,1H3,(H,29,30);2-3,6-7,12,14-15,18H,4-5,8-11H2,1H3,(H,28,29);3-4,7-8,11,13-15,18H,5-6,9-10H2,1-2H3,(H,28,29);7,9-12H,4-6H2,1-3H3,(H,23,25);6,8-11,21H,3-5H2,1-2H3,(H,23,25). The summed E-state index contributed by atoms with van der Waals surface area (Å²) in [5.74, 6) is 2.70. The summed E-state index contributed by atoms with van der Waals surface area (Å²) in [5.41, 5.74) is 20.8. The molecular formula is C112H112N32O5. The van der Waals surface area contributed by atoms with Crippen LogP contribution in [0, 0.1) is 62.6 Å². The summed E-state index contributed by atoms with van der Waals surface area (Å²) < 4.78 is 33.6. The monoisotopic (exact) mass is 1980 g/mol. The molecule has 2 bridgehead atoms. The summed E-state index contributed by atoms with van der Waals surface area (Å²) in [7, 11) is 13.7. The third kappa shape index (κ3) is 21.3. The van der Waals surface area contributed by atoms with Gasteiger partial charge in [0.05, 0.1) is 112 Å². The summed E-state index contributed by atoms with van der Waals surface area (Å²) in [6.45, 7) is 12.7. The number of pyridine rings is 13. The van der Waals surface area contributed by atoms with Gasteiger partial charge < -0.3 is 73.5 Å². The summed E-state index contributed by atoms with van der Waals surface area (Å²) in [6.07, 6.45) is 47.2. The molecule has 0 aromatic carbocycles. The van der Waals surface area contributed by atoms with Crippen molar-refractivity contribution in [3.05, 3.63) is 225 Å². The van der Waals surface area contributed by atoms with Crippen LogP contribution in [0.5, 0.6) is 23.0 Å². The Balaban J connectivity index is 0.000000113. The molecule has 24 rings (SSSR count). The quantitative estimate of drug-likeness (QED) is 0.0289. The highest BCUT2D eigenvalue weighted by molar-refractivity contribution is 6.14. The van der Waals surface area contributed by atoms with Gasteiger partial charge in [-0.2, -0.15) is 36.5 Å². The minimum atomic E-state index is 0.0367. The van der Waals surface area contributed by atoms with Gasteiger partial charge in [0.25, 0.3) is 0 Å². The number of hydrogen-bond acceptors (Lipinski definition) is 30. The van der Waals surface area contributed by atoms with Gasteiger partial charge in [0.15, 0.2) is 45.8 Å². The lowest BCUT2D eigenvalue weighted by Crippen LogP contribution is -2.41. The summed E-state index contributed by atoms with van der Waals surface area (Å²) in [5, 5.41) is 69.1. The van der Waals surface area contributed by atoms with E-state index in [9.17, 15) is 26.3 Å². The summed E-state index contributed by atoms with van der Waals surface area (Å²) in [6, 6.07) is 35.2. The fourth-order valence-corrected chi connectivity index (χ4v) is 20.7. The van der Waals surface area contributed by atoms with Crippen molar-refractivity contribution in [2.45, 2.75) is 115 Å². The van der Waals surface area contributed by atoms with Crippen LogP contribution in [0.3, 0.4) is 0 Å². The van der Waals surface area contributed by atoms with Gasteiger partial charge in [-0.05, 0) is 214 Å². The van der Waals surface area contributed by atoms with E-state index in [2.05, 4.69) is 194 Å². The molecule has 750 valence electrons. The first kappa shape index (κ1) is 99.1. The van der Waals surface area contributed by atoms with Crippen LogP contribution in [0.25, 0.3) is 165 Å². The van der Waals surface area contributed by atoms with Gasteiger partial charge in [0.1, 0.15) is 76.5 Å². The Morgan fingerprint density at radius 3 is 1.11 bits per heavy atom. The molecule has 0 spiro atoms. The zero-order valence-electron chi connectivity index (χ0n) is 84.4. The lowest BCUT2D eigenvalue weighted by Gasteiger charge is -2.36. The number of piperidine rings is 3. The second kappa shape index (κ2) is 44.8. The normalized spacial score (nSPS) is 15.5. The number of methoxy groups -OCH3 is 1. The van der Waals surface area contributed by atoms with Crippen LogP contribution >= 0.6 is 0 Å². The van der Waals surface area contributed by atoms with Crippen molar-refractivity contribution in [3.8, 4) is 109 Å². The fourth-order valence-electron chi connectivity index (χ4n) is 20.7. The van der Waals surface area contributed by atoms with E-state index >= 15 is 0 Å². The number of hydrogen-bond donors (Lipinski definition) is 6. The van der Waals surface area contributed by atoms with E-state index in [0.29, 0.717) is 77.3 Å². The zero-order chi connectivity index (χ0) is 103. The van der Waals surface area contributed by atoms with Crippen molar-refractivity contribution < 1.29 is 23.7 Å². The predicted molar refractivity (Wildman–Crippen MR) is 571 cm³/mol. The number of rotatable bonds is 25. The molecule has 0 amide bonds. The number of nitriles is 5. The Hall–Kier alpha value is -17.2. The van der Waals surface area contributed by atoms with Gasteiger partial charge in [0, 0.05) is 230 Å². The van der Waals surface area contributed by atoms with Gasteiger partial charge in [-0.25, -0.2) is 49.8 Å². The molecule has 4 saturated heterocycles. The maximum Gasteiger partial charge on any atom is 0.183 e. The van der Waals surface area contributed by atoms with E-state index < -0.39 is 0 Å². The third-order valence-electron chi connectivity index (χ3n) is 28.4. The number of likely N-dealkylation sites (tertiary alicyclic amines) is 2. The average Bonchev–Trinajstić information content (AvgIpc) is 1.63. The highest BCUT2D eigenvalue weighted by Crippen LogP contribution is 2.45. The number of nitrogens with zero attached hydrogens (tertiary/aromatic N) is 26. The maximum absolute atomic E-state index is 9.85. The maximum atomic E-state index is 9.85. The molecule has 24 heterocycles. The first-order valence-electron chi connectivity index (χ1n) is 50.2. The molecule has 0 radical (unpaired) electrons. The number of H-pyrrole nitrogens is 5. The van der Waals surface area contributed by atoms with E-state index in [1.165, 1.54) is 25.7 Å². The van der Waals surface area contributed by atoms with Gasteiger partial charge in [-0.1, -0.05) is 0 Å². The highest BCUT2D eigenvalue weighted by atomic mass is 16.5. The van der Waals surface area contributed by atoms with Gasteiger partial charge in [0.2, 0.25) is 0 Å². The molecule has 4 aliphatic rings. The van der Waals surface area contributed by atoms with Crippen LogP contribution in [0.2, 0.25) is 0 Å². The van der Waals surface area contributed by atoms with Crippen molar-refractivity contribution in [1.29, 1.82) is 26.3 Å². The molecule has 2 atom stereocenters. The molecule has 0 saturated carbocycles. The Labute approximate surface area is 858 Å². The van der Waals surface area contributed by atoms with Gasteiger partial charge in [-0.15, -0.1) is 0 Å². The van der Waals surface area contributed by atoms with Crippen LogP contribution in [-0.2, 0) is 25.3 Å². The first-order valence-corrected chi connectivity index (χ1v) is 50.2. The summed E-state index contributed by atoms with van der Waals surface area (Å²) in [4.78, 5) is 83.1. The van der Waals surface area contributed by atoms with Crippen LogP contribution in [0.15, 0.2) is 191 Å². The number of aromatic amines is 5. The highest BCUT2D eigenvalue weighted by Gasteiger charge is 2.39. The predicted octanol–water partition coefficient (Wildman–Crippen LogP) is 17.4. The molecule has 149 heavy (non-hydrogen) atoms. The number of fused-ring (bicyclic) bond motifs is 17. The smallest absolute Gasteiger partial charge is 0.183 e. The second-order valence-corrected chi connectivity index (χ2v) is 38.6. The number of aryl methyl sites for hydroxylation is 2. The zero-order valence-corrected chi connectivity index (χ0v) is 84.4. The minimum Gasteiger partial charge on any atom is -0.490 e. The molecule has 20 aromatic heterocycles. The largest absolute Gasteiger partial charge is 0.490 e. The SMILES string of the molecule is CC(C)N1CCC(Oc2c(C#N)ncc3[nH]c4ncc(-c5ccncc5)cc4c23)CC1.CN(C)CCCOc1c(C#N)ncc2[nH]c3ncc(-c4cnn(C)c4)cc3c12.CN1C2CCC1CC(Cc1c(C#N)ncc3[nH]c4ncc(-c5ccncc5)cc4c13)C2.CNCCCOc1c(C#N)ncc2[nH]c3ncc(-c4cnn(C)c4)cc3c12.COCCN1CCC(Oc2c(C#N)ncc3[nH]c4ncc(-c5ccncc5)cc4c23)CC1. The van der Waals surface area contributed by atoms with Crippen molar-refractivity contribution in [3.63, 3.8) is 0 Å². The molecule has 4 aliphatic heterocycles.